The first-order valence-corrected chi connectivity index (χ1v) is 8.34. The van der Waals surface area contributed by atoms with Gasteiger partial charge in [0.15, 0.2) is 18.1 Å². The van der Waals surface area contributed by atoms with Gasteiger partial charge in [-0.15, -0.1) is 0 Å². The van der Waals surface area contributed by atoms with E-state index in [0.717, 1.165) is 5.56 Å². The zero-order valence-electron chi connectivity index (χ0n) is 15.1. The van der Waals surface area contributed by atoms with E-state index >= 15 is 0 Å². The van der Waals surface area contributed by atoms with Crippen LogP contribution in [0.1, 0.15) is 18.1 Å². The van der Waals surface area contributed by atoms with Gasteiger partial charge >= 0.3 is 5.97 Å². The van der Waals surface area contributed by atoms with Crippen LogP contribution in [0.3, 0.4) is 0 Å². The molecule has 7 nitrogen and oxygen atoms in total. The molecule has 0 heterocycles. The van der Waals surface area contributed by atoms with Gasteiger partial charge in [-0.25, -0.2) is 5.43 Å². The Morgan fingerprint density at radius 3 is 2.63 bits per heavy atom. The van der Waals surface area contributed by atoms with Crippen LogP contribution in [0, 0.1) is 6.92 Å². The maximum absolute atomic E-state index is 11.8. The third-order valence-electron chi connectivity index (χ3n) is 3.34. The highest BCUT2D eigenvalue weighted by molar-refractivity contribution is 6.31. The molecule has 0 aliphatic carbocycles. The number of nitrogens with zero attached hydrogens (tertiary/aromatic N) is 1. The van der Waals surface area contributed by atoms with Crippen LogP contribution < -0.4 is 19.6 Å². The third kappa shape index (κ3) is 6.31. The largest absolute Gasteiger partial charge is 0.493 e. The third-order valence-corrected chi connectivity index (χ3v) is 3.77. The van der Waals surface area contributed by atoms with Gasteiger partial charge in [0.2, 0.25) is 0 Å². The Bertz CT molecular complexity index is 867. The van der Waals surface area contributed by atoms with Crippen molar-refractivity contribution in [3.05, 3.63) is 52.5 Å². The molecule has 0 aromatic heterocycles. The predicted molar refractivity (Wildman–Crippen MR) is 102 cm³/mol. The maximum Gasteiger partial charge on any atom is 0.308 e. The second-order valence-electron chi connectivity index (χ2n) is 5.50. The number of methoxy groups -OCH3 is 1. The summed E-state index contributed by atoms with van der Waals surface area (Å²) in [5.74, 6) is 0.363. The summed E-state index contributed by atoms with van der Waals surface area (Å²) in [7, 11) is 1.46. The molecule has 2 rings (SSSR count). The Balaban J connectivity index is 1.89. The zero-order valence-corrected chi connectivity index (χ0v) is 15.9. The number of carbonyl (C=O) groups is 2. The Morgan fingerprint density at radius 1 is 1.19 bits per heavy atom. The van der Waals surface area contributed by atoms with Gasteiger partial charge in [0, 0.05) is 11.9 Å². The number of amides is 1. The number of hydrogen-bond acceptors (Lipinski definition) is 6. The smallest absolute Gasteiger partial charge is 0.308 e. The molecule has 142 valence electrons. The highest BCUT2D eigenvalue weighted by Gasteiger charge is 2.07. The number of hydrogen-bond donors (Lipinski definition) is 1. The molecule has 0 radical (unpaired) electrons. The highest BCUT2D eigenvalue weighted by Crippen LogP contribution is 2.27. The Morgan fingerprint density at radius 2 is 1.96 bits per heavy atom. The molecule has 0 fully saturated rings. The van der Waals surface area contributed by atoms with Crippen molar-refractivity contribution in [3.63, 3.8) is 0 Å². The van der Waals surface area contributed by atoms with E-state index in [-0.39, 0.29) is 6.61 Å². The second kappa shape index (κ2) is 9.59. The number of esters is 1. The number of halogens is 1. The van der Waals surface area contributed by atoms with Crippen molar-refractivity contribution in [2.24, 2.45) is 5.10 Å². The lowest BCUT2D eigenvalue weighted by molar-refractivity contribution is -0.132. The van der Waals surface area contributed by atoms with Crippen molar-refractivity contribution in [1.82, 2.24) is 5.43 Å². The minimum Gasteiger partial charge on any atom is -0.493 e. The quantitative estimate of drug-likeness (QED) is 0.340. The molecule has 27 heavy (non-hydrogen) atoms. The van der Waals surface area contributed by atoms with E-state index in [9.17, 15) is 9.59 Å². The molecule has 0 aliphatic heterocycles. The highest BCUT2D eigenvalue weighted by atomic mass is 35.5. The number of benzene rings is 2. The molecule has 0 bridgehead atoms. The molecule has 2 aromatic carbocycles. The molecule has 8 heteroatoms. The fourth-order valence-electron chi connectivity index (χ4n) is 2.07. The topological polar surface area (TPSA) is 86.2 Å². The number of carbonyl (C=O) groups excluding carboxylic acids is 2. The molecule has 0 aliphatic rings. The summed E-state index contributed by atoms with van der Waals surface area (Å²) in [5, 5.41) is 4.49. The van der Waals surface area contributed by atoms with Crippen molar-refractivity contribution in [1.29, 1.82) is 0 Å². The fourth-order valence-corrected chi connectivity index (χ4v) is 2.19. The Kier molecular flexibility index (Phi) is 7.19. The average molecular weight is 391 g/mol. The van der Waals surface area contributed by atoms with Crippen molar-refractivity contribution in [3.8, 4) is 17.2 Å². The van der Waals surface area contributed by atoms with Gasteiger partial charge in [-0.1, -0.05) is 11.6 Å². The summed E-state index contributed by atoms with van der Waals surface area (Å²) >= 11 is 5.94. The lowest BCUT2D eigenvalue weighted by Gasteiger charge is -2.08. The van der Waals surface area contributed by atoms with Crippen LogP contribution in [0.15, 0.2) is 41.5 Å². The normalized spacial score (nSPS) is 10.5. The minimum absolute atomic E-state index is 0.187. The van der Waals surface area contributed by atoms with Crippen molar-refractivity contribution in [2.45, 2.75) is 13.8 Å². The molecule has 0 saturated heterocycles. The molecule has 0 saturated carbocycles. The summed E-state index contributed by atoms with van der Waals surface area (Å²) in [6, 6.07) is 10.0. The number of aryl methyl sites for hydroxylation is 1. The summed E-state index contributed by atoms with van der Waals surface area (Å²) in [6.07, 6.45) is 1.43. The van der Waals surface area contributed by atoms with Gasteiger partial charge in [-0.3, -0.25) is 9.59 Å². The van der Waals surface area contributed by atoms with Gasteiger partial charge in [-0.2, -0.15) is 5.10 Å². The van der Waals surface area contributed by atoms with E-state index < -0.39 is 11.9 Å². The van der Waals surface area contributed by atoms with Crippen LogP contribution in [-0.2, 0) is 9.59 Å². The molecule has 1 amide bonds. The molecular formula is C19H19ClN2O5. The molecule has 0 spiro atoms. The van der Waals surface area contributed by atoms with Gasteiger partial charge in [-0.05, 0) is 54.4 Å². The van der Waals surface area contributed by atoms with Crippen LogP contribution >= 0.6 is 11.6 Å². The number of rotatable bonds is 7. The molecule has 1 N–H and O–H groups in total. The van der Waals surface area contributed by atoms with Crippen molar-refractivity contribution >= 4 is 29.7 Å². The van der Waals surface area contributed by atoms with Gasteiger partial charge < -0.3 is 14.2 Å². The number of ether oxygens (including phenoxy) is 3. The van der Waals surface area contributed by atoms with E-state index in [1.54, 1.807) is 36.4 Å². The first-order valence-electron chi connectivity index (χ1n) is 7.96. The van der Waals surface area contributed by atoms with E-state index in [1.165, 1.54) is 20.2 Å². The molecule has 2 aromatic rings. The van der Waals surface area contributed by atoms with Crippen LogP contribution in [0.25, 0.3) is 0 Å². The Hall–Kier alpha value is -3.06. The van der Waals surface area contributed by atoms with Crippen LogP contribution in [0.4, 0.5) is 0 Å². The fraction of sp³-hybridized carbons (Fsp3) is 0.211. The molecule has 0 unspecified atom stereocenters. The monoisotopic (exact) mass is 390 g/mol. The number of nitrogens with one attached hydrogen (secondary N) is 1. The number of hydrazone groups is 1. The lowest BCUT2D eigenvalue weighted by Crippen LogP contribution is -2.24. The van der Waals surface area contributed by atoms with Crippen LogP contribution in [-0.4, -0.2) is 31.8 Å². The van der Waals surface area contributed by atoms with Crippen LogP contribution in [0.5, 0.6) is 17.2 Å². The van der Waals surface area contributed by atoms with Gasteiger partial charge in [0.1, 0.15) is 5.75 Å². The van der Waals surface area contributed by atoms with E-state index in [0.29, 0.717) is 27.8 Å². The average Bonchev–Trinajstić information content (AvgIpc) is 2.63. The van der Waals surface area contributed by atoms with E-state index in [1.807, 2.05) is 6.92 Å². The SMILES string of the molecule is COc1cc(C=NNC(=O)COc2ccc(Cl)c(C)c2)ccc1OC(C)=O. The molecule has 0 atom stereocenters. The minimum atomic E-state index is -0.446. The first-order chi connectivity index (χ1) is 12.9. The van der Waals surface area contributed by atoms with Crippen molar-refractivity contribution < 1.29 is 23.8 Å². The molecular weight excluding hydrogens is 372 g/mol. The lowest BCUT2D eigenvalue weighted by atomic mass is 10.2. The standard InChI is InChI=1S/C19H19ClN2O5/c1-12-8-15(5-6-16(12)20)26-11-19(24)22-21-10-14-4-7-17(27-13(2)23)18(9-14)25-3/h4-10H,11H2,1-3H3,(H,22,24). The summed E-state index contributed by atoms with van der Waals surface area (Å²) < 4.78 is 15.6. The Labute approximate surface area is 161 Å². The van der Waals surface area contributed by atoms with E-state index in [2.05, 4.69) is 10.5 Å². The van der Waals surface area contributed by atoms with Gasteiger partial charge in [0.05, 0.1) is 13.3 Å². The first kappa shape index (κ1) is 20.3. The second-order valence-corrected chi connectivity index (χ2v) is 5.90. The summed E-state index contributed by atoms with van der Waals surface area (Å²) in [5.41, 5.74) is 3.88. The van der Waals surface area contributed by atoms with E-state index in [4.69, 9.17) is 25.8 Å². The van der Waals surface area contributed by atoms with Gasteiger partial charge in [0.25, 0.3) is 5.91 Å². The predicted octanol–water partition coefficient (Wildman–Crippen LogP) is 3.11. The van der Waals surface area contributed by atoms with Crippen LogP contribution in [0.2, 0.25) is 5.02 Å². The zero-order chi connectivity index (χ0) is 19.8. The summed E-state index contributed by atoms with van der Waals surface area (Å²) in [6.45, 7) is 2.96. The van der Waals surface area contributed by atoms with Crippen molar-refractivity contribution in [2.75, 3.05) is 13.7 Å². The maximum atomic E-state index is 11.8. The summed E-state index contributed by atoms with van der Waals surface area (Å²) in [4.78, 5) is 22.8.